The lowest BCUT2D eigenvalue weighted by Gasteiger charge is -2.31. The van der Waals surface area contributed by atoms with Crippen LogP contribution in [0, 0.1) is 6.92 Å². The van der Waals surface area contributed by atoms with Gasteiger partial charge in [0.25, 0.3) is 0 Å². The number of carbonyl (C=O) groups excluding carboxylic acids is 1. The molecule has 1 heterocycles. The van der Waals surface area contributed by atoms with Crippen LogP contribution in [-0.4, -0.2) is 64.8 Å². The molecule has 158 valence electrons. The molecular formula is C18H28N2O6S2. The number of carbonyl (C=O) groups is 1. The van der Waals surface area contributed by atoms with Crippen molar-refractivity contribution >= 4 is 25.8 Å². The number of amides is 1. The van der Waals surface area contributed by atoms with E-state index in [1.807, 2.05) is 6.92 Å². The normalized spacial score (nSPS) is 16.7. The molecule has 28 heavy (non-hydrogen) atoms. The summed E-state index contributed by atoms with van der Waals surface area (Å²) in [6, 6.07) is 4.74. The minimum absolute atomic E-state index is 0.104. The number of aryl methyl sites for hydroxylation is 1. The van der Waals surface area contributed by atoms with E-state index in [9.17, 15) is 21.6 Å². The maximum atomic E-state index is 12.9. The molecule has 1 aromatic carbocycles. The van der Waals surface area contributed by atoms with Gasteiger partial charge in [-0.25, -0.2) is 16.8 Å². The molecule has 0 unspecified atom stereocenters. The van der Waals surface area contributed by atoms with Crippen LogP contribution in [0.5, 0.6) is 5.75 Å². The van der Waals surface area contributed by atoms with E-state index in [0.29, 0.717) is 12.4 Å². The van der Waals surface area contributed by atoms with Gasteiger partial charge in [0.2, 0.25) is 15.9 Å². The number of hydrogen-bond donors (Lipinski definition) is 1. The van der Waals surface area contributed by atoms with Gasteiger partial charge in [0.1, 0.15) is 11.5 Å². The lowest BCUT2D eigenvalue weighted by Crippen LogP contribution is -2.44. The Morgan fingerprint density at radius 2 is 1.86 bits per heavy atom. The molecule has 1 amide bonds. The predicted molar refractivity (Wildman–Crippen MR) is 107 cm³/mol. The van der Waals surface area contributed by atoms with Crippen LogP contribution >= 0.6 is 0 Å². The minimum atomic E-state index is -3.71. The van der Waals surface area contributed by atoms with Crippen molar-refractivity contribution in [2.75, 3.05) is 32.5 Å². The summed E-state index contributed by atoms with van der Waals surface area (Å²) in [5.74, 6) is -0.477. The number of hydrogen-bond acceptors (Lipinski definition) is 6. The quantitative estimate of drug-likeness (QED) is 0.659. The van der Waals surface area contributed by atoms with Crippen molar-refractivity contribution in [2.24, 2.45) is 0 Å². The highest BCUT2D eigenvalue weighted by molar-refractivity contribution is 7.92. The van der Waals surface area contributed by atoms with Crippen LogP contribution in [0.3, 0.4) is 0 Å². The third kappa shape index (κ3) is 5.24. The molecule has 0 atom stereocenters. The fraction of sp³-hybridized carbons (Fsp3) is 0.611. The van der Waals surface area contributed by atoms with Crippen molar-refractivity contribution in [3.63, 3.8) is 0 Å². The van der Waals surface area contributed by atoms with Gasteiger partial charge in [0.15, 0.2) is 9.84 Å². The summed E-state index contributed by atoms with van der Waals surface area (Å²) < 4.78 is 57.3. The van der Waals surface area contributed by atoms with Crippen molar-refractivity contribution in [3.8, 4) is 5.75 Å². The zero-order valence-corrected chi connectivity index (χ0v) is 18.1. The van der Waals surface area contributed by atoms with Gasteiger partial charge in [0.05, 0.1) is 16.8 Å². The van der Waals surface area contributed by atoms with Crippen molar-refractivity contribution in [3.05, 3.63) is 23.8 Å². The molecule has 0 radical (unpaired) electrons. The first-order valence-electron chi connectivity index (χ1n) is 9.27. The molecule has 1 fully saturated rings. The lowest BCUT2D eigenvalue weighted by molar-refractivity contribution is -0.118. The van der Waals surface area contributed by atoms with Crippen LogP contribution in [0.25, 0.3) is 0 Å². The fourth-order valence-corrected chi connectivity index (χ4v) is 6.34. The first kappa shape index (κ1) is 22.6. The van der Waals surface area contributed by atoms with Crippen LogP contribution in [0.1, 0.15) is 31.7 Å². The molecule has 1 aromatic rings. The van der Waals surface area contributed by atoms with Crippen LogP contribution in [0.15, 0.2) is 23.1 Å². The number of benzene rings is 1. The first-order valence-corrected chi connectivity index (χ1v) is 12.4. The van der Waals surface area contributed by atoms with Gasteiger partial charge in [-0.1, -0.05) is 6.92 Å². The number of nitrogens with one attached hydrogen (secondary N) is 1. The van der Waals surface area contributed by atoms with Crippen LogP contribution < -0.4 is 10.1 Å². The maximum absolute atomic E-state index is 12.9. The van der Waals surface area contributed by atoms with Crippen LogP contribution in [-0.2, 0) is 24.7 Å². The Labute approximate surface area is 167 Å². The Kier molecular flexibility index (Phi) is 7.46. The third-order valence-electron chi connectivity index (χ3n) is 4.77. The van der Waals surface area contributed by atoms with Gasteiger partial charge in [-0.2, -0.15) is 4.31 Å². The van der Waals surface area contributed by atoms with E-state index < -0.39 is 36.8 Å². The topological polar surface area (TPSA) is 110 Å². The largest absolute Gasteiger partial charge is 0.493 e. The Balaban J connectivity index is 2.09. The van der Waals surface area contributed by atoms with Gasteiger partial charge in [-0.3, -0.25) is 4.79 Å². The third-order valence-corrected chi connectivity index (χ3v) is 8.81. The first-order chi connectivity index (χ1) is 13.1. The van der Waals surface area contributed by atoms with Gasteiger partial charge >= 0.3 is 0 Å². The lowest BCUT2D eigenvalue weighted by atomic mass is 10.2. The molecule has 0 spiro atoms. The van der Waals surface area contributed by atoms with Crippen LogP contribution in [0.2, 0.25) is 0 Å². The summed E-state index contributed by atoms with van der Waals surface area (Å²) in [4.78, 5) is 11.6. The highest BCUT2D eigenvalue weighted by atomic mass is 32.2. The SMILES string of the molecule is CCCOc1ccc(S(=O)(=O)N2CCC(S(=O)(=O)CC(=O)NC)CC2)cc1C. The second kappa shape index (κ2) is 9.23. The molecular weight excluding hydrogens is 404 g/mol. The minimum Gasteiger partial charge on any atom is -0.493 e. The number of rotatable bonds is 8. The van der Waals surface area contributed by atoms with E-state index in [1.54, 1.807) is 19.1 Å². The highest BCUT2D eigenvalue weighted by Crippen LogP contribution is 2.27. The predicted octanol–water partition coefficient (Wildman–Crippen LogP) is 1.10. The van der Waals surface area contributed by atoms with E-state index in [1.165, 1.54) is 17.4 Å². The van der Waals surface area contributed by atoms with E-state index >= 15 is 0 Å². The average molecular weight is 433 g/mol. The molecule has 0 aliphatic carbocycles. The Morgan fingerprint density at radius 1 is 1.21 bits per heavy atom. The maximum Gasteiger partial charge on any atom is 0.243 e. The Morgan fingerprint density at radius 3 is 2.39 bits per heavy atom. The molecule has 1 N–H and O–H groups in total. The van der Waals surface area contributed by atoms with Gasteiger partial charge in [-0.05, 0) is 49.9 Å². The standard InChI is InChI=1S/C18H28N2O6S2/c1-4-11-26-17-6-5-16(12-14(17)2)28(24,25)20-9-7-15(8-10-20)27(22,23)13-18(21)19-3/h5-6,12,15H,4,7-11,13H2,1-3H3,(H,19,21). The second-order valence-electron chi connectivity index (χ2n) is 6.86. The average Bonchev–Trinajstić information content (AvgIpc) is 2.66. The van der Waals surface area contributed by atoms with Crippen molar-refractivity contribution in [1.82, 2.24) is 9.62 Å². The molecule has 8 nitrogen and oxygen atoms in total. The van der Waals surface area contributed by atoms with E-state index in [4.69, 9.17) is 4.74 Å². The molecule has 0 saturated carbocycles. The summed E-state index contributed by atoms with van der Waals surface area (Å²) >= 11 is 0. The zero-order valence-electron chi connectivity index (χ0n) is 16.5. The highest BCUT2D eigenvalue weighted by Gasteiger charge is 2.35. The molecule has 10 heteroatoms. The van der Waals surface area contributed by atoms with Gasteiger partial charge in [-0.15, -0.1) is 0 Å². The summed E-state index contributed by atoms with van der Waals surface area (Å²) in [5.41, 5.74) is 0.734. The van der Waals surface area contributed by atoms with Crippen LogP contribution in [0.4, 0.5) is 0 Å². The molecule has 0 aromatic heterocycles. The van der Waals surface area contributed by atoms with Gasteiger partial charge < -0.3 is 10.1 Å². The monoisotopic (exact) mass is 432 g/mol. The number of nitrogens with zero attached hydrogens (tertiary/aromatic N) is 1. The number of piperidine rings is 1. The summed E-state index contributed by atoms with van der Waals surface area (Å²) in [7, 11) is -5.93. The molecule has 1 aliphatic heterocycles. The van der Waals surface area contributed by atoms with Gasteiger partial charge in [0, 0.05) is 20.1 Å². The number of sulfonamides is 1. The molecule has 2 rings (SSSR count). The molecule has 1 aliphatic rings. The molecule has 0 bridgehead atoms. The smallest absolute Gasteiger partial charge is 0.243 e. The van der Waals surface area contributed by atoms with E-state index in [0.717, 1.165) is 12.0 Å². The summed E-state index contributed by atoms with van der Waals surface area (Å²) in [6.07, 6.45) is 1.21. The van der Waals surface area contributed by atoms with E-state index in [-0.39, 0.29) is 30.8 Å². The molecule has 1 saturated heterocycles. The number of sulfone groups is 1. The second-order valence-corrected chi connectivity index (χ2v) is 11.1. The van der Waals surface area contributed by atoms with Crippen molar-refractivity contribution in [2.45, 2.75) is 43.3 Å². The van der Waals surface area contributed by atoms with Crippen molar-refractivity contribution < 1.29 is 26.4 Å². The van der Waals surface area contributed by atoms with Crippen molar-refractivity contribution in [1.29, 1.82) is 0 Å². The summed E-state index contributed by atoms with van der Waals surface area (Å²) in [5, 5.41) is 1.60. The summed E-state index contributed by atoms with van der Waals surface area (Å²) in [6.45, 7) is 4.56. The Hall–Kier alpha value is -1.65. The van der Waals surface area contributed by atoms with E-state index in [2.05, 4.69) is 5.32 Å². The Bertz CT molecular complexity index is 904. The zero-order chi connectivity index (χ0) is 20.9. The number of ether oxygens (including phenoxy) is 1. The fourth-order valence-electron chi connectivity index (χ4n) is 3.11.